The van der Waals surface area contributed by atoms with Crippen LogP contribution in [0.4, 0.5) is 0 Å². The Morgan fingerprint density at radius 3 is 2.22 bits per heavy atom. The van der Waals surface area contributed by atoms with Crippen LogP contribution in [0.5, 0.6) is 5.75 Å². The number of hydrogen-bond acceptors (Lipinski definition) is 4. The van der Waals surface area contributed by atoms with E-state index in [1.165, 1.54) is 0 Å². The van der Waals surface area contributed by atoms with Crippen molar-refractivity contribution >= 4 is 11.6 Å². The van der Waals surface area contributed by atoms with Gasteiger partial charge in [0.2, 0.25) is 11.6 Å². The Labute approximate surface area is 139 Å². The summed E-state index contributed by atoms with van der Waals surface area (Å²) in [6.07, 6.45) is 2.98. The van der Waals surface area contributed by atoms with Gasteiger partial charge in [-0.25, -0.2) is 0 Å². The molecule has 0 aromatic heterocycles. The third-order valence-corrected chi connectivity index (χ3v) is 3.91. The summed E-state index contributed by atoms with van der Waals surface area (Å²) in [5.74, 6) is 0.0355. The van der Waals surface area contributed by atoms with Crippen LogP contribution >= 0.6 is 0 Å². The molecule has 4 nitrogen and oxygen atoms in total. The van der Waals surface area contributed by atoms with Crippen LogP contribution in [0.15, 0.2) is 24.3 Å². The molecule has 0 saturated carbocycles. The van der Waals surface area contributed by atoms with Crippen LogP contribution < -0.4 is 4.74 Å². The van der Waals surface area contributed by atoms with E-state index in [9.17, 15) is 9.59 Å². The van der Waals surface area contributed by atoms with Gasteiger partial charge in [-0.15, -0.1) is 0 Å². The number of ether oxygens (including phenoxy) is 1. The third-order valence-electron chi connectivity index (χ3n) is 3.91. The van der Waals surface area contributed by atoms with Crippen LogP contribution in [0, 0.1) is 0 Å². The molecular weight excluding hydrogens is 290 g/mol. The lowest BCUT2D eigenvalue weighted by Crippen LogP contribution is -2.25. The summed E-state index contributed by atoms with van der Waals surface area (Å²) in [7, 11) is 0. The van der Waals surface area contributed by atoms with Crippen LogP contribution in [-0.4, -0.2) is 42.7 Å². The van der Waals surface area contributed by atoms with Crippen molar-refractivity contribution < 1.29 is 14.3 Å². The Bertz CT molecular complexity index is 478. The fraction of sp³-hybridized carbons (Fsp3) is 0.579. The minimum Gasteiger partial charge on any atom is -0.494 e. The van der Waals surface area contributed by atoms with Crippen LogP contribution in [0.2, 0.25) is 0 Å². The summed E-state index contributed by atoms with van der Waals surface area (Å²) < 4.78 is 5.68. The minimum atomic E-state index is -0.397. The van der Waals surface area contributed by atoms with Crippen molar-refractivity contribution in [3.8, 4) is 5.75 Å². The molecule has 4 heteroatoms. The average molecular weight is 319 g/mol. The Kier molecular flexibility index (Phi) is 9.22. The zero-order valence-electron chi connectivity index (χ0n) is 14.6. The molecule has 23 heavy (non-hydrogen) atoms. The molecule has 0 N–H and O–H groups in total. The molecule has 0 spiro atoms. The molecule has 128 valence electrons. The van der Waals surface area contributed by atoms with E-state index in [0.29, 0.717) is 18.6 Å². The number of hydrogen-bond donors (Lipinski definition) is 0. The van der Waals surface area contributed by atoms with E-state index in [0.717, 1.165) is 44.6 Å². The van der Waals surface area contributed by atoms with Gasteiger partial charge in [0.1, 0.15) is 5.75 Å². The van der Waals surface area contributed by atoms with Crippen LogP contribution in [-0.2, 0) is 4.79 Å². The Balaban J connectivity index is 2.41. The highest BCUT2D eigenvalue weighted by Gasteiger charge is 2.15. The molecule has 0 aliphatic carbocycles. The fourth-order valence-electron chi connectivity index (χ4n) is 2.33. The summed E-state index contributed by atoms with van der Waals surface area (Å²) in [6.45, 7) is 10.1. The first kappa shape index (κ1) is 19.4. The van der Waals surface area contributed by atoms with Crippen molar-refractivity contribution in [2.45, 2.75) is 46.5 Å². The SMILES string of the molecule is CCCCC(=O)C(=O)c1ccc(OCCCN(CC)CC)cc1. The number of nitrogens with zero attached hydrogens (tertiary/aromatic N) is 1. The van der Waals surface area contributed by atoms with Crippen LogP contribution in [0.3, 0.4) is 0 Å². The molecule has 1 rings (SSSR count). The van der Waals surface area contributed by atoms with E-state index < -0.39 is 5.78 Å². The molecule has 0 bridgehead atoms. The second-order valence-corrected chi connectivity index (χ2v) is 5.61. The average Bonchev–Trinajstić information content (AvgIpc) is 2.59. The first-order chi connectivity index (χ1) is 11.1. The normalized spacial score (nSPS) is 10.8. The van der Waals surface area contributed by atoms with Crippen molar-refractivity contribution in [3.05, 3.63) is 29.8 Å². The van der Waals surface area contributed by atoms with Crippen LogP contribution in [0.1, 0.15) is 56.8 Å². The highest BCUT2D eigenvalue weighted by molar-refractivity contribution is 6.43. The standard InChI is InChI=1S/C19H29NO3/c1-4-7-9-18(21)19(22)16-10-12-17(13-11-16)23-15-8-14-20(5-2)6-3/h10-13H,4-9,14-15H2,1-3H3. The van der Waals surface area contributed by atoms with E-state index in [-0.39, 0.29) is 5.78 Å². The molecule has 0 unspecified atom stereocenters. The number of Topliss-reactive ketones (excluding diaryl/α,β-unsaturated/α-hetero) is 2. The topological polar surface area (TPSA) is 46.6 Å². The fourth-order valence-corrected chi connectivity index (χ4v) is 2.33. The quantitative estimate of drug-likeness (QED) is 0.334. The summed E-state index contributed by atoms with van der Waals surface area (Å²) in [5, 5.41) is 0. The van der Waals surface area contributed by atoms with E-state index in [2.05, 4.69) is 18.7 Å². The summed E-state index contributed by atoms with van der Waals surface area (Å²) in [6, 6.07) is 6.87. The number of carbonyl (C=O) groups is 2. The molecule has 0 amide bonds. The Morgan fingerprint density at radius 2 is 1.65 bits per heavy atom. The van der Waals surface area contributed by atoms with Crippen molar-refractivity contribution in [2.75, 3.05) is 26.2 Å². The van der Waals surface area contributed by atoms with Gasteiger partial charge in [-0.05, 0) is 50.2 Å². The van der Waals surface area contributed by atoms with Crippen molar-refractivity contribution in [2.24, 2.45) is 0 Å². The van der Waals surface area contributed by atoms with Gasteiger partial charge >= 0.3 is 0 Å². The number of carbonyl (C=O) groups excluding carboxylic acids is 2. The van der Waals surface area contributed by atoms with Gasteiger partial charge < -0.3 is 9.64 Å². The maximum absolute atomic E-state index is 12.0. The Morgan fingerprint density at radius 1 is 1.00 bits per heavy atom. The minimum absolute atomic E-state index is 0.306. The van der Waals surface area contributed by atoms with E-state index in [4.69, 9.17) is 4.74 Å². The van der Waals surface area contributed by atoms with Gasteiger partial charge in [0.15, 0.2) is 0 Å². The lowest BCUT2D eigenvalue weighted by Gasteiger charge is -2.17. The first-order valence-corrected chi connectivity index (χ1v) is 8.65. The maximum atomic E-state index is 12.0. The zero-order valence-corrected chi connectivity index (χ0v) is 14.6. The summed E-state index contributed by atoms with van der Waals surface area (Å²) in [4.78, 5) is 26.1. The summed E-state index contributed by atoms with van der Waals surface area (Å²) in [5.41, 5.74) is 0.446. The molecule has 1 aromatic carbocycles. The van der Waals surface area contributed by atoms with Gasteiger partial charge in [0.25, 0.3) is 0 Å². The lowest BCUT2D eigenvalue weighted by molar-refractivity contribution is -0.115. The molecule has 0 heterocycles. The van der Waals surface area contributed by atoms with E-state index >= 15 is 0 Å². The van der Waals surface area contributed by atoms with Crippen molar-refractivity contribution in [3.63, 3.8) is 0 Å². The van der Waals surface area contributed by atoms with Gasteiger partial charge in [0.05, 0.1) is 6.61 Å². The number of benzene rings is 1. The zero-order chi connectivity index (χ0) is 17.1. The highest BCUT2D eigenvalue weighted by Crippen LogP contribution is 2.14. The van der Waals surface area contributed by atoms with Crippen LogP contribution in [0.25, 0.3) is 0 Å². The summed E-state index contributed by atoms with van der Waals surface area (Å²) >= 11 is 0. The predicted octanol–water partition coefficient (Wildman–Crippen LogP) is 3.74. The molecule has 0 saturated heterocycles. The number of unbranched alkanes of at least 4 members (excludes halogenated alkanes) is 1. The monoisotopic (exact) mass is 319 g/mol. The molecule has 0 fully saturated rings. The molecule has 0 radical (unpaired) electrons. The molecule has 0 aliphatic rings. The van der Waals surface area contributed by atoms with Gasteiger partial charge in [0, 0.05) is 18.5 Å². The van der Waals surface area contributed by atoms with Crippen molar-refractivity contribution in [1.82, 2.24) is 4.90 Å². The van der Waals surface area contributed by atoms with Gasteiger partial charge in [-0.2, -0.15) is 0 Å². The lowest BCUT2D eigenvalue weighted by atomic mass is 10.0. The second kappa shape index (κ2) is 10.9. The van der Waals surface area contributed by atoms with Crippen molar-refractivity contribution in [1.29, 1.82) is 0 Å². The number of rotatable bonds is 12. The largest absolute Gasteiger partial charge is 0.494 e. The predicted molar refractivity (Wildman–Crippen MR) is 93.2 cm³/mol. The molecule has 0 aliphatic heterocycles. The smallest absolute Gasteiger partial charge is 0.228 e. The highest BCUT2D eigenvalue weighted by atomic mass is 16.5. The van der Waals surface area contributed by atoms with E-state index in [1.54, 1.807) is 24.3 Å². The molecule has 1 aromatic rings. The third kappa shape index (κ3) is 6.95. The second-order valence-electron chi connectivity index (χ2n) is 5.61. The van der Waals surface area contributed by atoms with Gasteiger partial charge in [-0.1, -0.05) is 27.2 Å². The van der Waals surface area contributed by atoms with E-state index in [1.807, 2.05) is 6.92 Å². The van der Waals surface area contributed by atoms with Gasteiger partial charge in [-0.3, -0.25) is 9.59 Å². The molecular formula is C19H29NO3. The maximum Gasteiger partial charge on any atom is 0.228 e. The first-order valence-electron chi connectivity index (χ1n) is 8.65. The Hall–Kier alpha value is -1.68. The number of ketones is 2. The molecule has 0 atom stereocenters.